The molecule has 3 rings (SSSR count). The summed E-state index contributed by atoms with van der Waals surface area (Å²) in [6.45, 7) is 1.44. The van der Waals surface area contributed by atoms with Crippen molar-refractivity contribution in [2.75, 3.05) is 7.11 Å². The Morgan fingerprint density at radius 3 is 1.97 bits per heavy atom. The number of halogens is 1. The number of benzene rings is 3. The van der Waals surface area contributed by atoms with Crippen LogP contribution in [-0.4, -0.2) is 24.6 Å². The van der Waals surface area contributed by atoms with Gasteiger partial charge in [-0.25, -0.2) is 4.39 Å². The van der Waals surface area contributed by atoms with Crippen LogP contribution in [0.25, 0.3) is 0 Å². The van der Waals surface area contributed by atoms with Crippen molar-refractivity contribution in [2.24, 2.45) is 0 Å². The molecule has 5 nitrogen and oxygen atoms in total. The minimum Gasteiger partial charge on any atom is -0.496 e. The molecule has 0 aliphatic heterocycles. The summed E-state index contributed by atoms with van der Waals surface area (Å²) in [5, 5.41) is 0. The van der Waals surface area contributed by atoms with Crippen LogP contribution in [0.3, 0.4) is 0 Å². The van der Waals surface area contributed by atoms with Gasteiger partial charge in [-0.1, -0.05) is 0 Å². The van der Waals surface area contributed by atoms with Gasteiger partial charge in [0.05, 0.1) is 13.5 Å². The van der Waals surface area contributed by atoms with E-state index in [0.29, 0.717) is 28.0 Å². The smallest absolute Gasteiger partial charge is 0.315 e. The molecule has 0 atom stereocenters. The van der Waals surface area contributed by atoms with Crippen LogP contribution >= 0.6 is 0 Å². The molecule has 0 aliphatic carbocycles. The fourth-order valence-corrected chi connectivity index (χ4v) is 2.90. The fraction of sp³-hybridized carbons (Fsp3) is 0.125. The molecule has 0 aliphatic rings. The predicted molar refractivity (Wildman–Crippen MR) is 109 cm³/mol. The number of hydrogen-bond acceptors (Lipinski definition) is 5. The van der Waals surface area contributed by atoms with E-state index in [-0.39, 0.29) is 23.7 Å². The average molecular weight is 406 g/mol. The highest BCUT2D eigenvalue weighted by atomic mass is 19.1. The number of carbonyl (C=O) groups is 3. The second-order valence-corrected chi connectivity index (χ2v) is 6.59. The van der Waals surface area contributed by atoms with E-state index in [1.165, 1.54) is 62.6 Å². The Balaban J connectivity index is 1.69. The van der Waals surface area contributed by atoms with Gasteiger partial charge >= 0.3 is 5.97 Å². The maximum absolute atomic E-state index is 13.0. The maximum Gasteiger partial charge on any atom is 0.315 e. The molecular weight excluding hydrogens is 387 g/mol. The Morgan fingerprint density at radius 1 is 0.833 bits per heavy atom. The largest absolute Gasteiger partial charge is 0.496 e. The number of carbonyl (C=O) groups excluding carboxylic acids is 3. The van der Waals surface area contributed by atoms with E-state index in [1.54, 1.807) is 18.2 Å². The molecule has 0 aromatic heterocycles. The second kappa shape index (κ2) is 9.13. The third kappa shape index (κ3) is 4.97. The third-order valence-electron chi connectivity index (χ3n) is 4.48. The van der Waals surface area contributed by atoms with E-state index in [2.05, 4.69) is 0 Å². The molecular formula is C24H19FO5. The quantitative estimate of drug-likeness (QED) is 0.330. The summed E-state index contributed by atoms with van der Waals surface area (Å²) in [5.74, 6) is -0.576. The van der Waals surface area contributed by atoms with Crippen LogP contribution in [0.4, 0.5) is 4.39 Å². The SMILES string of the molecule is COc1ccc(C(C)=O)cc1CC(=O)Oc1ccc(C(=O)c2ccc(F)cc2)cc1. The summed E-state index contributed by atoms with van der Waals surface area (Å²) in [6.07, 6.45) is -0.0828. The molecule has 3 aromatic carbocycles. The monoisotopic (exact) mass is 406 g/mol. The Labute approximate surface area is 173 Å². The molecule has 0 radical (unpaired) electrons. The first-order valence-electron chi connectivity index (χ1n) is 9.16. The molecule has 0 saturated carbocycles. The topological polar surface area (TPSA) is 69.7 Å². The summed E-state index contributed by atoms with van der Waals surface area (Å²) in [7, 11) is 1.48. The van der Waals surface area contributed by atoms with E-state index in [9.17, 15) is 18.8 Å². The van der Waals surface area contributed by atoms with Gasteiger partial charge in [-0.15, -0.1) is 0 Å². The number of esters is 1. The molecule has 0 bridgehead atoms. The number of methoxy groups -OCH3 is 1. The summed E-state index contributed by atoms with van der Waals surface area (Å²) in [6, 6.07) is 16.2. The van der Waals surface area contributed by atoms with Crippen LogP contribution < -0.4 is 9.47 Å². The number of hydrogen-bond donors (Lipinski definition) is 0. The van der Waals surface area contributed by atoms with Crippen LogP contribution in [0.15, 0.2) is 66.7 Å². The van der Waals surface area contributed by atoms with Crippen LogP contribution in [-0.2, 0) is 11.2 Å². The van der Waals surface area contributed by atoms with Crippen molar-refractivity contribution in [2.45, 2.75) is 13.3 Å². The van der Waals surface area contributed by atoms with E-state index >= 15 is 0 Å². The fourth-order valence-electron chi connectivity index (χ4n) is 2.90. The molecule has 3 aromatic rings. The lowest BCUT2D eigenvalue weighted by Crippen LogP contribution is -2.12. The van der Waals surface area contributed by atoms with E-state index < -0.39 is 11.8 Å². The second-order valence-electron chi connectivity index (χ2n) is 6.59. The lowest BCUT2D eigenvalue weighted by atomic mass is 10.0. The molecule has 0 fully saturated rings. The van der Waals surface area contributed by atoms with Gasteiger partial charge in [0.15, 0.2) is 11.6 Å². The average Bonchev–Trinajstić information content (AvgIpc) is 2.74. The van der Waals surface area contributed by atoms with Gasteiger partial charge in [0.25, 0.3) is 0 Å². The van der Waals surface area contributed by atoms with Gasteiger partial charge in [-0.3, -0.25) is 14.4 Å². The summed E-state index contributed by atoms with van der Waals surface area (Å²) in [5.41, 5.74) is 1.76. The van der Waals surface area contributed by atoms with Crippen molar-refractivity contribution in [3.05, 3.63) is 94.8 Å². The summed E-state index contributed by atoms with van der Waals surface area (Å²) in [4.78, 5) is 36.3. The van der Waals surface area contributed by atoms with Gasteiger partial charge in [-0.2, -0.15) is 0 Å². The number of Topliss-reactive ketones (excluding diaryl/α,β-unsaturated/α-hetero) is 1. The minimum absolute atomic E-state index is 0.0828. The molecule has 0 spiro atoms. The van der Waals surface area contributed by atoms with Crippen molar-refractivity contribution in [3.8, 4) is 11.5 Å². The highest BCUT2D eigenvalue weighted by molar-refractivity contribution is 6.09. The third-order valence-corrected chi connectivity index (χ3v) is 4.48. The molecule has 0 saturated heterocycles. The number of rotatable bonds is 7. The van der Waals surface area contributed by atoms with Crippen LogP contribution in [0.5, 0.6) is 11.5 Å². The maximum atomic E-state index is 13.0. The minimum atomic E-state index is -0.536. The summed E-state index contributed by atoms with van der Waals surface area (Å²) < 4.78 is 23.6. The first-order chi connectivity index (χ1) is 14.4. The standard InChI is InChI=1S/C24H19FO5/c1-15(26)18-7-12-22(29-2)19(13-18)14-23(27)30-21-10-5-17(6-11-21)24(28)16-3-8-20(25)9-4-16/h3-13H,14H2,1-2H3. The van der Waals surface area contributed by atoms with Crippen molar-refractivity contribution in [1.82, 2.24) is 0 Å². The highest BCUT2D eigenvalue weighted by Gasteiger charge is 2.14. The van der Waals surface area contributed by atoms with Crippen LogP contribution in [0.2, 0.25) is 0 Å². The van der Waals surface area contributed by atoms with Crippen LogP contribution in [0, 0.1) is 5.82 Å². The van der Waals surface area contributed by atoms with Gasteiger partial charge < -0.3 is 9.47 Å². The van der Waals surface area contributed by atoms with Crippen molar-refractivity contribution < 1.29 is 28.2 Å². The molecule has 0 heterocycles. The number of ketones is 2. The normalized spacial score (nSPS) is 10.4. The van der Waals surface area contributed by atoms with Gasteiger partial charge in [0.1, 0.15) is 17.3 Å². The zero-order valence-corrected chi connectivity index (χ0v) is 16.5. The Hall–Kier alpha value is -3.80. The molecule has 6 heteroatoms. The van der Waals surface area contributed by atoms with Gasteiger partial charge in [0, 0.05) is 22.3 Å². The van der Waals surface area contributed by atoms with Gasteiger partial charge in [0.2, 0.25) is 0 Å². The lowest BCUT2D eigenvalue weighted by molar-refractivity contribution is -0.133. The first-order valence-corrected chi connectivity index (χ1v) is 9.16. The summed E-state index contributed by atoms with van der Waals surface area (Å²) >= 11 is 0. The van der Waals surface area contributed by atoms with E-state index in [4.69, 9.17) is 9.47 Å². The molecule has 152 valence electrons. The highest BCUT2D eigenvalue weighted by Crippen LogP contribution is 2.22. The Kier molecular flexibility index (Phi) is 6.37. The zero-order chi connectivity index (χ0) is 21.7. The molecule has 0 amide bonds. The zero-order valence-electron chi connectivity index (χ0n) is 16.5. The molecule has 0 N–H and O–H groups in total. The van der Waals surface area contributed by atoms with Crippen molar-refractivity contribution >= 4 is 17.5 Å². The van der Waals surface area contributed by atoms with Crippen LogP contribution in [0.1, 0.15) is 38.8 Å². The first kappa shape index (κ1) is 20.9. The Morgan fingerprint density at radius 2 is 1.40 bits per heavy atom. The van der Waals surface area contributed by atoms with E-state index in [0.717, 1.165) is 0 Å². The van der Waals surface area contributed by atoms with Gasteiger partial charge in [-0.05, 0) is 73.7 Å². The Bertz CT molecular complexity index is 1090. The van der Waals surface area contributed by atoms with Crippen molar-refractivity contribution in [3.63, 3.8) is 0 Å². The molecule has 30 heavy (non-hydrogen) atoms. The van der Waals surface area contributed by atoms with Crippen molar-refractivity contribution in [1.29, 1.82) is 0 Å². The van der Waals surface area contributed by atoms with E-state index in [1.807, 2.05) is 0 Å². The molecule has 0 unspecified atom stereocenters. The lowest BCUT2D eigenvalue weighted by Gasteiger charge is -2.10. The number of ether oxygens (including phenoxy) is 2. The predicted octanol–water partition coefficient (Wildman–Crippen LogP) is 4.42.